The van der Waals surface area contributed by atoms with Gasteiger partial charge in [-0.3, -0.25) is 14.4 Å². The number of amides is 3. The number of piperazine rings is 1. The van der Waals surface area contributed by atoms with Crippen LogP contribution in [0.1, 0.15) is 48.3 Å². The van der Waals surface area contributed by atoms with Gasteiger partial charge in [-0.15, -0.1) is 0 Å². The maximum Gasteiger partial charge on any atom is 0.416 e. The van der Waals surface area contributed by atoms with Crippen LogP contribution >= 0.6 is 11.6 Å². The van der Waals surface area contributed by atoms with E-state index in [9.17, 15) is 27.6 Å². The lowest BCUT2D eigenvalue weighted by atomic mass is 10.1. The topological polar surface area (TPSA) is 122 Å². The summed E-state index contributed by atoms with van der Waals surface area (Å²) in [6.07, 6.45) is -0.0712. The Bertz CT molecular complexity index is 1480. The molecule has 1 aromatic carbocycles. The first-order chi connectivity index (χ1) is 21.9. The van der Waals surface area contributed by atoms with Crippen molar-refractivity contribution < 1.29 is 27.6 Å². The second-order valence-electron chi connectivity index (χ2n) is 10.2. The first-order valence-electron chi connectivity index (χ1n) is 14.7. The standard InChI is InChI=1S/C31H38ClF3N8O3/c1-6-12-38-26-20(7-2)11-13-39-27(26)29(45)42-16-14-41(15-17-42)28(23(8-3)36-4)30(46)43(37-5)19-25(44)40-24-10-9-21(18-22(24)32)31(33,34)35/h7,9-11,13,18,36,38H,2,5-6,8,12,14-17,19H2,1,3-4H3,(H,40,44)/b28-23+. The Kier molecular flexibility index (Phi) is 12.6. The Morgan fingerprint density at radius 1 is 1.13 bits per heavy atom. The van der Waals surface area contributed by atoms with Gasteiger partial charge >= 0.3 is 6.18 Å². The molecule has 46 heavy (non-hydrogen) atoms. The van der Waals surface area contributed by atoms with Gasteiger partial charge in [-0.05, 0) is 37.1 Å². The van der Waals surface area contributed by atoms with Crippen molar-refractivity contribution in [2.24, 2.45) is 5.10 Å². The van der Waals surface area contributed by atoms with Crippen molar-refractivity contribution in [3.63, 3.8) is 0 Å². The van der Waals surface area contributed by atoms with Gasteiger partial charge in [-0.25, -0.2) is 9.99 Å². The molecule has 0 spiro atoms. The monoisotopic (exact) mass is 662 g/mol. The normalized spacial score (nSPS) is 13.8. The van der Waals surface area contributed by atoms with Crippen molar-refractivity contribution >= 4 is 53.5 Å². The molecule has 3 amide bonds. The predicted octanol–water partition coefficient (Wildman–Crippen LogP) is 4.90. The van der Waals surface area contributed by atoms with Gasteiger partial charge in [0.2, 0.25) is 5.91 Å². The van der Waals surface area contributed by atoms with Crippen molar-refractivity contribution in [2.45, 2.75) is 32.9 Å². The average Bonchev–Trinajstić information content (AvgIpc) is 3.04. The van der Waals surface area contributed by atoms with Crippen LogP contribution in [0.25, 0.3) is 6.08 Å². The fourth-order valence-corrected chi connectivity index (χ4v) is 5.10. The smallest absolute Gasteiger partial charge is 0.390 e. The number of anilines is 2. The maximum atomic E-state index is 13.8. The maximum absolute atomic E-state index is 13.8. The number of rotatable bonds is 13. The third-order valence-electron chi connectivity index (χ3n) is 7.25. The molecule has 1 aliphatic rings. The number of hydrogen-bond donors (Lipinski definition) is 3. The summed E-state index contributed by atoms with van der Waals surface area (Å²) in [7, 11) is 1.67. The van der Waals surface area contributed by atoms with E-state index in [2.05, 4.69) is 39.3 Å². The van der Waals surface area contributed by atoms with Crippen LogP contribution in [-0.2, 0) is 15.8 Å². The summed E-state index contributed by atoms with van der Waals surface area (Å²) >= 11 is 5.97. The molecule has 15 heteroatoms. The van der Waals surface area contributed by atoms with E-state index >= 15 is 0 Å². The van der Waals surface area contributed by atoms with E-state index in [0.717, 1.165) is 29.1 Å². The molecule has 0 bridgehead atoms. The van der Waals surface area contributed by atoms with Gasteiger partial charge in [0.25, 0.3) is 11.8 Å². The number of carbonyl (C=O) groups excluding carboxylic acids is 3. The molecular formula is C31H38ClF3N8O3. The fourth-order valence-electron chi connectivity index (χ4n) is 4.87. The van der Waals surface area contributed by atoms with Crippen LogP contribution in [-0.4, -0.2) is 90.5 Å². The Labute approximate surface area is 271 Å². The van der Waals surface area contributed by atoms with Gasteiger partial charge in [0.15, 0.2) is 5.69 Å². The van der Waals surface area contributed by atoms with E-state index < -0.39 is 30.1 Å². The highest BCUT2D eigenvalue weighted by atomic mass is 35.5. The quantitative estimate of drug-likeness (QED) is 0.158. The van der Waals surface area contributed by atoms with Gasteiger partial charge in [-0.2, -0.15) is 18.3 Å². The van der Waals surface area contributed by atoms with Gasteiger partial charge in [0.05, 0.1) is 22.0 Å². The summed E-state index contributed by atoms with van der Waals surface area (Å²) in [5, 5.41) is 13.0. The molecule has 0 atom stereocenters. The number of nitrogens with one attached hydrogen (secondary N) is 3. The lowest BCUT2D eigenvalue weighted by Crippen LogP contribution is -2.51. The molecule has 1 aromatic heterocycles. The highest BCUT2D eigenvalue weighted by Gasteiger charge is 2.33. The van der Waals surface area contributed by atoms with E-state index in [-0.39, 0.29) is 41.1 Å². The number of halogens is 4. The van der Waals surface area contributed by atoms with Crippen LogP contribution < -0.4 is 16.0 Å². The van der Waals surface area contributed by atoms with Crippen LogP contribution in [0.4, 0.5) is 24.5 Å². The lowest BCUT2D eigenvalue weighted by molar-refractivity contribution is -0.137. The molecule has 0 aliphatic carbocycles. The number of carbonyl (C=O) groups is 3. The second kappa shape index (κ2) is 16.1. The summed E-state index contributed by atoms with van der Waals surface area (Å²) in [6.45, 7) is 12.4. The van der Waals surface area contributed by atoms with Crippen molar-refractivity contribution in [1.29, 1.82) is 0 Å². The van der Waals surface area contributed by atoms with Crippen LogP contribution in [0.3, 0.4) is 0 Å². The summed E-state index contributed by atoms with van der Waals surface area (Å²) in [5.74, 6) is -1.63. The molecule has 248 valence electrons. The zero-order chi connectivity index (χ0) is 34.0. The van der Waals surface area contributed by atoms with E-state index in [1.165, 1.54) is 0 Å². The van der Waals surface area contributed by atoms with Crippen LogP contribution in [0, 0.1) is 0 Å². The summed E-state index contributed by atoms with van der Waals surface area (Å²) in [6, 6.07) is 4.30. The Balaban J connectivity index is 1.76. The number of nitrogens with zero attached hydrogens (tertiary/aromatic N) is 5. The molecule has 11 nitrogen and oxygen atoms in total. The lowest BCUT2D eigenvalue weighted by Gasteiger charge is -2.38. The minimum atomic E-state index is -4.60. The predicted molar refractivity (Wildman–Crippen MR) is 173 cm³/mol. The van der Waals surface area contributed by atoms with Crippen molar-refractivity contribution in [3.8, 4) is 0 Å². The fraction of sp³-hybridized carbons (Fsp3) is 0.387. The Morgan fingerprint density at radius 2 is 1.80 bits per heavy atom. The van der Waals surface area contributed by atoms with Crippen LogP contribution in [0.2, 0.25) is 5.02 Å². The van der Waals surface area contributed by atoms with E-state index in [4.69, 9.17) is 11.6 Å². The van der Waals surface area contributed by atoms with Gasteiger partial charge < -0.3 is 25.8 Å². The van der Waals surface area contributed by atoms with Gasteiger partial charge in [0.1, 0.15) is 12.2 Å². The second-order valence-corrected chi connectivity index (χ2v) is 10.6. The highest BCUT2D eigenvalue weighted by molar-refractivity contribution is 6.33. The first-order valence-corrected chi connectivity index (χ1v) is 15.0. The Hall–Kier alpha value is -4.59. The van der Waals surface area contributed by atoms with Crippen molar-refractivity contribution in [2.75, 3.05) is 56.9 Å². The average molecular weight is 663 g/mol. The molecular weight excluding hydrogens is 625 g/mol. The molecule has 0 saturated carbocycles. The number of allylic oxidation sites excluding steroid dienone is 1. The van der Waals surface area contributed by atoms with Gasteiger partial charge in [-0.1, -0.05) is 38.1 Å². The molecule has 0 radical (unpaired) electrons. The molecule has 2 aromatic rings. The molecule has 0 unspecified atom stereocenters. The molecule has 1 saturated heterocycles. The van der Waals surface area contributed by atoms with Crippen LogP contribution in [0.5, 0.6) is 0 Å². The summed E-state index contributed by atoms with van der Waals surface area (Å²) in [4.78, 5) is 48.0. The number of aromatic nitrogens is 1. The number of pyridine rings is 1. The SMILES string of the molecule is C=Cc1ccnc(C(=O)N2CCN(/C(C(=O)N(CC(=O)Nc3ccc(C(F)(F)F)cc3Cl)N=C)=C(\CC)NC)CC2)c1NCCC. The molecule has 1 fully saturated rings. The third kappa shape index (κ3) is 8.56. The number of hydrogen-bond acceptors (Lipinski definition) is 8. The highest BCUT2D eigenvalue weighted by Crippen LogP contribution is 2.34. The number of benzene rings is 1. The van der Waals surface area contributed by atoms with E-state index in [1.54, 1.807) is 30.3 Å². The first kappa shape index (κ1) is 35.9. The molecule has 1 aliphatic heterocycles. The van der Waals surface area contributed by atoms with Crippen molar-refractivity contribution in [3.05, 3.63) is 70.3 Å². The summed E-state index contributed by atoms with van der Waals surface area (Å²) in [5.41, 5.74) is 1.48. The third-order valence-corrected chi connectivity index (χ3v) is 7.57. The zero-order valence-corrected chi connectivity index (χ0v) is 26.8. The Morgan fingerprint density at radius 3 is 2.35 bits per heavy atom. The minimum absolute atomic E-state index is 0.0571. The number of hydrazone groups is 1. The van der Waals surface area contributed by atoms with E-state index in [0.29, 0.717) is 43.5 Å². The molecule has 3 N–H and O–H groups in total. The van der Waals surface area contributed by atoms with Crippen molar-refractivity contribution in [1.82, 2.24) is 25.1 Å². The molecule has 2 heterocycles. The number of alkyl halides is 3. The minimum Gasteiger partial charge on any atom is -0.390 e. The largest absolute Gasteiger partial charge is 0.416 e. The van der Waals surface area contributed by atoms with E-state index in [1.807, 2.05) is 18.7 Å². The summed E-state index contributed by atoms with van der Waals surface area (Å²) < 4.78 is 39.0. The van der Waals surface area contributed by atoms with Crippen LogP contribution in [0.15, 0.2) is 53.5 Å². The zero-order valence-electron chi connectivity index (χ0n) is 26.0. The van der Waals surface area contributed by atoms with Gasteiger partial charge in [0, 0.05) is 63.9 Å². The molecule has 3 rings (SSSR count).